The highest BCUT2D eigenvalue weighted by Crippen LogP contribution is 2.42. The number of aromatic hydroxyl groups is 3. The van der Waals surface area contributed by atoms with Gasteiger partial charge in [0.2, 0.25) is 5.75 Å². The summed E-state index contributed by atoms with van der Waals surface area (Å²) < 4.78 is 0. The van der Waals surface area contributed by atoms with Crippen molar-refractivity contribution in [2.24, 2.45) is 0 Å². The molecular formula is C12H9ClO3. The van der Waals surface area contributed by atoms with Gasteiger partial charge in [-0.25, -0.2) is 0 Å². The Morgan fingerprint density at radius 3 is 2.00 bits per heavy atom. The Hall–Kier alpha value is -1.87. The van der Waals surface area contributed by atoms with E-state index in [-0.39, 0.29) is 11.5 Å². The van der Waals surface area contributed by atoms with Gasteiger partial charge >= 0.3 is 0 Å². The topological polar surface area (TPSA) is 60.7 Å². The first kappa shape index (κ1) is 10.6. The van der Waals surface area contributed by atoms with Crippen LogP contribution in [0.25, 0.3) is 11.1 Å². The van der Waals surface area contributed by atoms with Crippen molar-refractivity contribution in [3.8, 4) is 28.4 Å². The van der Waals surface area contributed by atoms with Crippen LogP contribution >= 0.6 is 11.6 Å². The van der Waals surface area contributed by atoms with E-state index in [9.17, 15) is 15.3 Å². The minimum atomic E-state index is -0.521. The van der Waals surface area contributed by atoms with E-state index in [0.717, 1.165) is 0 Å². The molecule has 3 nitrogen and oxygen atoms in total. The number of benzene rings is 2. The van der Waals surface area contributed by atoms with E-state index in [2.05, 4.69) is 0 Å². The summed E-state index contributed by atoms with van der Waals surface area (Å²) in [4.78, 5) is 0. The molecule has 0 saturated carbocycles. The number of phenolic OH excluding ortho intramolecular Hbond substituents is 3. The van der Waals surface area contributed by atoms with Crippen molar-refractivity contribution in [3.63, 3.8) is 0 Å². The number of phenols is 3. The molecule has 82 valence electrons. The molecule has 16 heavy (non-hydrogen) atoms. The molecule has 0 unspecified atom stereocenters. The Balaban J connectivity index is 2.57. The number of halogens is 1. The molecule has 2 aromatic carbocycles. The third-order valence-electron chi connectivity index (χ3n) is 2.29. The molecule has 0 amide bonds. The van der Waals surface area contributed by atoms with Crippen molar-refractivity contribution >= 4 is 11.6 Å². The lowest BCUT2D eigenvalue weighted by molar-refractivity contribution is 0.369. The van der Waals surface area contributed by atoms with Crippen LogP contribution < -0.4 is 0 Å². The van der Waals surface area contributed by atoms with Gasteiger partial charge in [0.05, 0.1) is 0 Å². The van der Waals surface area contributed by atoms with Gasteiger partial charge in [0.1, 0.15) is 0 Å². The van der Waals surface area contributed by atoms with E-state index in [4.69, 9.17) is 11.6 Å². The van der Waals surface area contributed by atoms with E-state index in [1.807, 2.05) is 0 Å². The van der Waals surface area contributed by atoms with Gasteiger partial charge in [0.25, 0.3) is 0 Å². The maximum Gasteiger partial charge on any atom is 0.200 e. The maximum atomic E-state index is 9.66. The SMILES string of the molecule is Oc1ccc(-c2ccc(Cl)cc2)c(O)c1O. The fourth-order valence-corrected chi connectivity index (χ4v) is 1.56. The number of hydrogen-bond acceptors (Lipinski definition) is 3. The van der Waals surface area contributed by atoms with E-state index in [0.29, 0.717) is 16.1 Å². The molecule has 0 atom stereocenters. The van der Waals surface area contributed by atoms with Gasteiger partial charge in [0.15, 0.2) is 11.5 Å². The fourth-order valence-electron chi connectivity index (χ4n) is 1.43. The minimum absolute atomic E-state index is 0.345. The summed E-state index contributed by atoms with van der Waals surface area (Å²) in [5, 5.41) is 28.8. The summed E-state index contributed by atoms with van der Waals surface area (Å²) in [7, 11) is 0. The predicted octanol–water partition coefficient (Wildman–Crippen LogP) is 3.12. The van der Waals surface area contributed by atoms with Gasteiger partial charge in [0, 0.05) is 10.6 Å². The van der Waals surface area contributed by atoms with Crippen LogP contribution in [0.3, 0.4) is 0 Å². The molecule has 0 spiro atoms. The highest BCUT2D eigenvalue weighted by molar-refractivity contribution is 6.30. The smallest absolute Gasteiger partial charge is 0.200 e. The van der Waals surface area contributed by atoms with Crippen LogP contribution in [0, 0.1) is 0 Å². The van der Waals surface area contributed by atoms with Crippen LogP contribution in [0.1, 0.15) is 0 Å². The highest BCUT2D eigenvalue weighted by Gasteiger charge is 2.12. The Bertz CT molecular complexity index is 521. The zero-order chi connectivity index (χ0) is 11.7. The third kappa shape index (κ3) is 1.77. The Labute approximate surface area is 97.2 Å². The normalized spacial score (nSPS) is 10.3. The first-order valence-corrected chi connectivity index (χ1v) is 4.97. The highest BCUT2D eigenvalue weighted by atomic mass is 35.5. The van der Waals surface area contributed by atoms with Crippen LogP contribution in [-0.4, -0.2) is 15.3 Å². The molecule has 0 aliphatic carbocycles. The summed E-state index contributed by atoms with van der Waals surface area (Å²) in [5.74, 6) is -1.22. The van der Waals surface area contributed by atoms with Gasteiger partial charge in [-0.3, -0.25) is 0 Å². The van der Waals surface area contributed by atoms with E-state index >= 15 is 0 Å². The first-order chi connectivity index (χ1) is 7.59. The standard InChI is InChI=1S/C12H9ClO3/c13-8-3-1-7(2-4-8)9-5-6-10(14)12(16)11(9)15/h1-6,14-16H. The Kier molecular flexibility index (Phi) is 2.62. The number of rotatable bonds is 1. The molecule has 0 fully saturated rings. The van der Waals surface area contributed by atoms with E-state index in [1.54, 1.807) is 24.3 Å². The van der Waals surface area contributed by atoms with Gasteiger partial charge in [-0.05, 0) is 29.8 Å². The molecule has 0 bridgehead atoms. The van der Waals surface area contributed by atoms with Gasteiger partial charge in [-0.15, -0.1) is 0 Å². The zero-order valence-electron chi connectivity index (χ0n) is 8.18. The average molecular weight is 237 g/mol. The molecular weight excluding hydrogens is 228 g/mol. The minimum Gasteiger partial charge on any atom is -0.504 e. The first-order valence-electron chi connectivity index (χ1n) is 4.59. The maximum absolute atomic E-state index is 9.66. The van der Waals surface area contributed by atoms with Gasteiger partial charge in [-0.2, -0.15) is 0 Å². The summed E-state index contributed by atoms with van der Waals surface area (Å²) in [6.45, 7) is 0. The van der Waals surface area contributed by atoms with Crippen LogP contribution in [0.15, 0.2) is 36.4 Å². The molecule has 0 aliphatic rings. The molecule has 2 aromatic rings. The molecule has 3 N–H and O–H groups in total. The zero-order valence-corrected chi connectivity index (χ0v) is 8.94. The molecule has 2 rings (SSSR count). The van der Waals surface area contributed by atoms with Crippen LogP contribution in [-0.2, 0) is 0 Å². The lowest BCUT2D eigenvalue weighted by Gasteiger charge is -2.07. The van der Waals surface area contributed by atoms with Crippen molar-refractivity contribution in [1.82, 2.24) is 0 Å². The van der Waals surface area contributed by atoms with Gasteiger partial charge in [-0.1, -0.05) is 23.7 Å². The van der Waals surface area contributed by atoms with Crippen molar-refractivity contribution in [1.29, 1.82) is 0 Å². The molecule has 0 saturated heterocycles. The largest absolute Gasteiger partial charge is 0.504 e. The second-order valence-corrected chi connectivity index (χ2v) is 3.77. The van der Waals surface area contributed by atoms with Crippen molar-refractivity contribution < 1.29 is 15.3 Å². The summed E-state index contributed by atoms with van der Waals surface area (Å²) in [6, 6.07) is 9.63. The Morgan fingerprint density at radius 1 is 0.750 bits per heavy atom. The average Bonchev–Trinajstić information content (AvgIpc) is 2.28. The lowest BCUT2D eigenvalue weighted by atomic mass is 10.0. The summed E-state index contributed by atoms with van der Waals surface area (Å²) in [6.07, 6.45) is 0. The van der Waals surface area contributed by atoms with Gasteiger partial charge < -0.3 is 15.3 Å². The van der Waals surface area contributed by atoms with Crippen LogP contribution in [0.2, 0.25) is 5.02 Å². The molecule has 4 heteroatoms. The van der Waals surface area contributed by atoms with E-state index < -0.39 is 5.75 Å². The van der Waals surface area contributed by atoms with Crippen LogP contribution in [0.5, 0.6) is 17.2 Å². The van der Waals surface area contributed by atoms with E-state index in [1.165, 1.54) is 12.1 Å². The third-order valence-corrected chi connectivity index (χ3v) is 2.54. The van der Waals surface area contributed by atoms with Crippen molar-refractivity contribution in [3.05, 3.63) is 41.4 Å². The predicted molar refractivity (Wildman–Crippen MR) is 61.9 cm³/mol. The van der Waals surface area contributed by atoms with Crippen LogP contribution in [0.4, 0.5) is 0 Å². The van der Waals surface area contributed by atoms with Crippen molar-refractivity contribution in [2.75, 3.05) is 0 Å². The van der Waals surface area contributed by atoms with Crippen molar-refractivity contribution in [2.45, 2.75) is 0 Å². The molecule has 0 aliphatic heterocycles. The second kappa shape index (κ2) is 3.94. The molecule has 0 aromatic heterocycles. The molecule has 0 heterocycles. The summed E-state index contributed by atoms with van der Waals surface area (Å²) in [5.41, 5.74) is 1.14. The fraction of sp³-hybridized carbons (Fsp3) is 0. The monoisotopic (exact) mass is 236 g/mol. The second-order valence-electron chi connectivity index (χ2n) is 3.34. The lowest BCUT2D eigenvalue weighted by Crippen LogP contribution is -1.80. The quantitative estimate of drug-likeness (QED) is 0.667. The Morgan fingerprint density at radius 2 is 1.38 bits per heavy atom. The number of hydrogen-bond donors (Lipinski definition) is 3. The summed E-state index contributed by atoms with van der Waals surface area (Å²) >= 11 is 5.74. The molecule has 0 radical (unpaired) electrons.